The minimum Gasteiger partial charge on any atom is -0.354 e. The van der Waals surface area contributed by atoms with E-state index in [2.05, 4.69) is 17.1 Å². The molecule has 0 aliphatic carbocycles. The fourth-order valence-electron chi connectivity index (χ4n) is 2.23. The Balaban J connectivity index is 2.30. The van der Waals surface area contributed by atoms with Crippen molar-refractivity contribution in [2.45, 2.75) is 13.3 Å². The third kappa shape index (κ3) is 1.53. The molecule has 0 fully saturated rings. The number of ketones is 1. The Bertz CT molecular complexity index is 709. The highest BCUT2D eigenvalue weighted by Gasteiger charge is 2.07. The Morgan fingerprint density at radius 3 is 2.65 bits per heavy atom. The van der Waals surface area contributed by atoms with Crippen molar-refractivity contribution < 1.29 is 4.79 Å². The lowest BCUT2D eigenvalue weighted by Crippen LogP contribution is -1.95. The van der Waals surface area contributed by atoms with Gasteiger partial charge < -0.3 is 4.98 Å². The normalized spacial score (nSPS) is 11.1. The summed E-state index contributed by atoms with van der Waals surface area (Å²) in [4.78, 5) is 15.0. The maximum Gasteiger partial charge on any atom is 0.162 e. The predicted molar refractivity (Wildman–Crippen MR) is 70.4 cm³/mol. The van der Waals surface area contributed by atoms with Gasteiger partial charge in [-0.2, -0.15) is 0 Å². The molecule has 0 unspecified atom stereocenters. The number of Topliss-reactive ketones (excluding diaryl/α,β-unsaturated/α-hetero) is 1. The van der Waals surface area contributed by atoms with Crippen LogP contribution >= 0.6 is 0 Å². The Hall–Kier alpha value is -2.09. The first-order chi connectivity index (χ1) is 8.29. The van der Waals surface area contributed by atoms with Gasteiger partial charge in [-0.3, -0.25) is 4.79 Å². The van der Waals surface area contributed by atoms with Crippen molar-refractivity contribution in [3.8, 4) is 0 Å². The number of carbonyl (C=O) groups is 1. The topological polar surface area (TPSA) is 32.9 Å². The monoisotopic (exact) mass is 223 g/mol. The maximum absolute atomic E-state index is 11.7. The lowest BCUT2D eigenvalue weighted by Gasteiger charge is -1.97. The van der Waals surface area contributed by atoms with Crippen molar-refractivity contribution in [3.63, 3.8) is 0 Å². The van der Waals surface area contributed by atoms with Gasteiger partial charge in [0.1, 0.15) is 0 Å². The largest absolute Gasteiger partial charge is 0.354 e. The molecule has 0 radical (unpaired) electrons. The van der Waals surface area contributed by atoms with Crippen molar-refractivity contribution in [1.82, 2.24) is 4.98 Å². The fourth-order valence-corrected chi connectivity index (χ4v) is 2.23. The average molecular weight is 223 g/mol. The molecule has 0 amide bonds. The third-order valence-corrected chi connectivity index (χ3v) is 3.15. The Morgan fingerprint density at radius 2 is 1.82 bits per heavy atom. The van der Waals surface area contributed by atoms with Crippen LogP contribution in [0.25, 0.3) is 21.8 Å². The van der Waals surface area contributed by atoms with Crippen LogP contribution in [0.4, 0.5) is 0 Å². The molecule has 0 atom stereocenters. The molecule has 3 aromatic rings. The van der Waals surface area contributed by atoms with Gasteiger partial charge in [-0.25, -0.2) is 0 Å². The van der Waals surface area contributed by atoms with Gasteiger partial charge in [0.15, 0.2) is 5.78 Å². The molecular formula is C15H13NO. The highest BCUT2D eigenvalue weighted by molar-refractivity contribution is 6.09. The van der Waals surface area contributed by atoms with Gasteiger partial charge in [-0.05, 0) is 12.1 Å². The molecule has 2 aromatic carbocycles. The summed E-state index contributed by atoms with van der Waals surface area (Å²) < 4.78 is 0. The van der Waals surface area contributed by atoms with Crippen LogP contribution in [0.2, 0.25) is 0 Å². The van der Waals surface area contributed by atoms with Crippen molar-refractivity contribution >= 4 is 27.6 Å². The van der Waals surface area contributed by atoms with E-state index >= 15 is 0 Å². The number of hydrogen-bond acceptors (Lipinski definition) is 1. The number of nitrogens with one attached hydrogen (secondary N) is 1. The summed E-state index contributed by atoms with van der Waals surface area (Å²) in [5, 5.41) is 2.38. The van der Waals surface area contributed by atoms with E-state index in [-0.39, 0.29) is 5.78 Å². The van der Waals surface area contributed by atoms with Crippen molar-refractivity contribution in [1.29, 1.82) is 0 Å². The van der Waals surface area contributed by atoms with Crippen LogP contribution in [-0.2, 0) is 0 Å². The van der Waals surface area contributed by atoms with Crippen molar-refractivity contribution in [2.24, 2.45) is 0 Å². The summed E-state index contributed by atoms with van der Waals surface area (Å²) >= 11 is 0. The number of fused-ring (bicyclic) bond motifs is 3. The van der Waals surface area contributed by atoms with E-state index in [1.54, 1.807) is 0 Å². The molecule has 0 spiro atoms. The zero-order valence-electron chi connectivity index (χ0n) is 9.66. The van der Waals surface area contributed by atoms with E-state index in [0.29, 0.717) is 6.42 Å². The number of aromatic amines is 1. The first-order valence-corrected chi connectivity index (χ1v) is 5.83. The lowest BCUT2D eigenvalue weighted by atomic mass is 10.1. The number of carbonyl (C=O) groups excluding carboxylic acids is 1. The van der Waals surface area contributed by atoms with Crippen LogP contribution in [0.5, 0.6) is 0 Å². The Labute approximate surface area is 99.3 Å². The minimum absolute atomic E-state index is 0.186. The molecule has 0 saturated heterocycles. The number of H-pyrrole nitrogens is 1. The fraction of sp³-hybridized carbons (Fsp3) is 0.133. The molecule has 1 heterocycles. The molecule has 1 N–H and O–H groups in total. The summed E-state index contributed by atoms with van der Waals surface area (Å²) in [6, 6.07) is 14.1. The Morgan fingerprint density at radius 1 is 1.06 bits per heavy atom. The zero-order chi connectivity index (χ0) is 11.8. The highest BCUT2D eigenvalue weighted by atomic mass is 16.1. The van der Waals surface area contributed by atoms with Crippen LogP contribution in [-0.4, -0.2) is 10.8 Å². The maximum atomic E-state index is 11.7. The van der Waals surface area contributed by atoms with Crippen LogP contribution in [0.15, 0.2) is 42.5 Å². The van der Waals surface area contributed by atoms with Crippen LogP contribution in [0.3, 0.4) is 0 Å². The van der Waals surface area contributed by atoms with Gasteiger partial charge >= 0.3 is 0 Å². The van der Waals surface area contributed by atoms with Gasteiger partial charge in [0.2, 0.25) is 0 Å². The van der Waals surface area contributed by atoms with E-state index in [0.717, 1.165) is 16.6 Å². The second kappa shape index (κ2) is 3.74. The summed E-state index contributed by atoms with van der Waals surface area (Å²) in [5.74, 6) is 0.186. The molecular weight excluding hydrogens is 210 g/mol. The summed E-state index contributed by atoms with van der Waals surface area (Å²) in [7, 11) is 0. The summed E-state index contributed by atoms with van der Waals surface area (Å²) in [5.41, 5.74) is 2.93. The first kappa shape index (κ1) is 10.1. The second-order valence-corrected chi connectivity index (χ2v) is 4.21. The van der Waals surface area contributed by atoms with E-state index in [1.165, 1.54) is 10.8 Å². The summed E-state index contributed by atoms with van der Waals surface area (Å²) in [6.45, 7) is 1.89. The summed E-state index contributed by atoms with van der Waals surface area (Å²) in [6.07, 6.45) is 0.547. The van der Waals surface area contributed by atoms with Gasteiger partial charge in [-0.15, -0.1) is 0 Å². The number of benzene rings is 2. The van der Waals surface area contributed by atoms with Crippen LogP contribution < -0.4 is 0 Å². The molecule has 0 saturated carbocycles. The van der Waals surface area contributed by atoms with E-state index < -0.39 is 0 Å². The van der Waals surface area contributed by atoms with Gasteiger partial charge in [0.05, 0.1) is 0 Å². The molecule has 0 aliphatic heterocycles. The van der Waals surface area contributed by atoms with E-state index in [9.17, 15) is 4.79 Å². The van der Waals surface area contributed by atoms with Gasteiger partial charge in [0, 0.05) is 33.8 Å². The third-order valence-electron chi connectivity index (χ3n) is 3.15. The number of rotatable bonds is 2. The predicted octanol–water partition coefficient (Wildman–Crippen LogP) is 3.91. The quantitative estimate of drug-likeness (QED) is 0.656. The van der Waals surface area contributed by atoms with Gasteiger partial charge in [0.25, 0.3) is 0 Å². The average Bonchev–Trinajstić information content (AvgIpc) is 2.75. The standard InChI is InChI=1S/C15H13NO/c1-2-15(17)10-7-8-12-11-5-3-4-6-13(11)16-14(12)9-10/h3-9,16H,2H2,1H3. The van der Waals surface area contributed by atoms with E-state index in [4.69, 9.17) is 0 Å². The second-order valence-electron chi connectivity index (χ2n) is 4.21. The molecule has 17 heavy (non-hydrogen) atoms. The van der Waals surface area contributed by atoms with Crippen molar-refractivity contribution in [3.05, 3.63) is 48.0 Å². The molecule has 3 rings (SSSR count). The zero-order valence-corrected chi connectivity index (χ0v) is 9.66. The molecule has 2 nitrogen and oxygen atoms in total. The van der Waals surface area contributed by atoms with E-state index in [1.807, 2.05) is 37.3 Å². The Kier molecular flexibility index (Phi) is 2.22. The van der Waals surface area contributed by atoms with Crippen molar-refractivity contribution in [2.75, 3.05) is 0 Å². The van der Waals surface area contributed by atoms with Crippen LogP contribution in [0.1, 0.15) is 23.7 Å². The molecule has 1 aromatic heterocycles. The number of hydrogen-bond donors (Lipinski definition) is 1. The first-order valence-electron chi connectivity index (χ1n) is 5.83. The SMILES string of the molecule is CCC(=O)c1ccc2c(c1)[nH]c1ccccc12. The minimum atomic E-state index is 0.186. The molecule has 2 heteroatoms. The molecule has 0 aliphatic rings. The molecule has 0 bridgehead atoms. The molecule has 84 valence electrons. The number of aromatic nitrogens is 1. The lowest BCUT2D eigenvalue weighted by molar-refractivity contribution is 0.0988. The van der Waals surface area contributed by atoms with Gasteiger partial charge in [-0.1, -0.05) is 37.3 Å². The smallest absolute Gasteiger partial charge is 0.162 e. The highest BCUT2D eigenvalue weighted by Crippen LogP contribution is 2.26. The number of para-hydroxylation sites is 1. The van der Waals surface area contributed by atoms with Crippen LogP contribution in [0, 0.1) is 0 Å².